The van der Waals surface area contributed by atoms with E-state index in [2.05, 4.69) is 54.5 Å². The average molecular weight is 1020 g/mol. The molecule has 1 aromatic heterocycles. The van der Waals surface area contributed by atoms with E-state index in [1.54, 1.807) is 20.8 Å². The Labute approximate surface area is 421 Å². The number of nitrogens with two attached hydrogens (primary N) is 2. The number of imidazole rings is 1. The Bertz CT molecular complexity index is 1970. The predicted molar refractivity (Wildman–Crippen MR) is 265 cm³/mol. The average Bonchev–Trinajstić information content (AvgIpc) is 4.15. The van der Waals surface area contributed by atoms with Gasteiger partial charge in [0.2, 0.25) is 47.3 Å². The van der Waals surface area contributed by atoms with Crippen molar-refractivity contribution < 1.29 is 53.1 Å². The van der Waals surface area contributed by atoms with Crippen LogP contribution in [-0.4, -0.2) is 164 Å². The number of nitrogens with zero attached hydrogens (tertiary/aromatic N) is 3. The molecule has 23 nitrogen and oxygen atoms in total. The molecule has 3 rings (SSSR count). The number of H-pyrrole nitrogens is 1. The summed E-state index contributed by atoms with van der Waals surface area (Å²) in [5.74, 6) is -6.99. The van der Waals surface area contributed by atoms with Crippen LogP contribution >= 0.6 is 12.6 Å². The number of aromatic amines is 1. The number of rotatable bonds is 30. The van der Waals surface area contributed by atoms with E-state index >= 15 is 0 Å². The molecule has 0 aromatic carbocycles. The number of hydrogen-bond acceptors (Lipinski definition) is 14. The lowest BCUT2D eigenvalue weighted by Gasteiger charge is -2.34. The molecule has 71 heavy (non-hydrogen) atoms. The van der Waals surface area contributed by atoms with Gasteiger partial charge in [-0.1, -0.05) is 48.0 Å². The lowest BCUT2D eigenvalue weighted by atomic mass is 9.96. The number of carboxylic acids is 1. The molecule has 1 aromatic rings. The molecule has 0 aliphatic carbocycles. The van der Waals surface area contributed by atoms with Crippen LogP contribution in [0.5, 0.6) is 0 Å². The van der Waals surface area contributed by atoms with E-state index < -0.39 is 119 Å². The summed E-state index contributed by atoms with van der Waals surface area (Å²) in [5.41, 5.74) is 12.2. The maximum Gasteiger partial charge on any atom is 0.303 e. The van der Waals surface area contributed by atoms with Crippen LogP contribution in [0.2, 0.25) is 0 Å². The van der Waals surface area contributed by atoms with Crippen molar-refractivity contribution in [3.05, 3.63) is 18.2 Å². The molecule has 0 radical (unpaired) electrons. The first-order valence-corrected chi connectivity index (χ1v) is 25.4. The van der Waals surface area contributed by atoms with Gasteiger partial charge in [-0.2, -0.15) is 12.6 Å². The molecule has 2 fully saturated rings. The molecule has 24 heteroatoms. The minimum atomic E-state index is -1.18. The maximum atomic E-state index is 14.3. The number of amides is 8. The van der Waals surface area contributed by atoms with Crippen molar-refractivity contribution in [3.63, 3.8) is 0 Å². The third kappa shape index (κ3) is 18.2. The largest absolute Gasteiger partial charge is 0.481 e. The van der Waals surface area contributed by atoms with Crippen LogP contribution in [-0.2, 0) is 54.4 Å². The van der Waals surface area contributed by atoms with Gasteiger partial charge in [0.15, 0.2) is 0 Å². The van der Waals surface area contributed by atoms with Crippen LogP contribution in [0.3, 0.4) is 0 Å². The fourth-order valence-corrected chi connectivity index (χ4v) is 8.80. The number of aldehydes is 1. The zero-order chi connectivity index (χ0) is 52.9. The Balaban J connectivity index is 1.79. The second-order valence-corrected chi connectivity index (χ2v) is 19.7. The molecule has 0 bridgehead atoms. The SMILES string of the molecule is CC[C@H](C)[C@H](NC(=O)[C@H](CCCCN)NC(=O)[C@@H](NC(=O)[C@@H]1CCCN1C(=O)[C@@H]1CCCN1C(=O)[C@H](CC(C)C)NC(=O)[C@@H](N)CCC(=O)O)C(C)C)C(=O)N[C@@H](Cc1cnc[nH]1)C(=O)N[C@H](C=O)CS. The summed E-state index contributed by atoms with van der Waals surface area (Å²) in [6.45, 7) is 11.5. The molecular formula is C47H78N12O11S. The standard InChI is InChI=1S/C47H78N12O11S/c1-7-28(6)39(45(68)54-33(21-29-22-50-25-51-29)42(65)52-30(23-60)24-71)57-41(64)32(12-8-9-17-48)53-44(67)38(27(4)5)56-43(66)35-13-10-18-58(35)47(70)36-14-11-19-59(36)46(69)34(20-26(2)3)55-40(63)31(49)15-16-37(61)62/h22-23,25-28,30-36,38-39,71H,7-21,24,48-49H2,1-6H3,(H,50,51)(H,52,65)(H,53,67)(H,54,68)(H,55,63)(H,56,66)(H,57,64)(H,61,62)/t28-,30+,31-,32-,33-,34-,35-,36-,38-,39-/m0/s1. The number of aromatic nitrogens is 2. The van der Waals surface area contributed by atoms with Crippen LogP contribution in [0, 0.1) is 17.8 Å². The van der Waals surface area contributed by atoms with Crippen molar-refractivity contribution in [2.45, 2.75) is 173 Å². The first kappa shape index (κ1) is 59.7. The molecule has 0 spiro atoms. The molecule has 2 saturated heterocycles. The third-order valence-corrected chi connectivity index (χ3v) is 13.3. The molecular weight excluding hydrogens is 941 g/mol. The van der Waals surface area contributed by atoms with E-state index in [0.717, 1.165) is 0 Å². The highest BCUT2D eigenvalue weighted by molar-refractivity contribution is 7.80. The van der Waals surface area contributed by atoms with Crippen molar-refractivity contribution in [3.8, 4) is 0 Å². The molecule has 10 atom stereocenters. The first-order chi connectivity index (χ1) is 33.7. The molecule has 0 saturated carbocycles. The van der Waals surface area contributed by atoms with Gasteiger partial charge in [0.05, 0.1) is 18.4 Å². The number of carboxylic acid groups (broad SMARTS) is 1. The monoisotopic (exact) mass is 1020 g/mol. The van der Waals surface area contributed by atoms with E-state index in [-0.39, 0.29) is 63.3 Å². The normalized spacial score (nSPS) is 19.1. The summed E-state index contributed by atoms with van der Waals surface area (Å²) in [4.78, 5) is 144. The van der Waals surface area contributed by atoms with Crippen molar-refractivity contribution in [2.75, 3.05) is 25.4 Å². The second kappa shape index (κ2) is 29.7. The molecule has 2 aliphatic rings. The van der Waals surface area contributed by atoms with Crippen LogP contribution in [0.1, 0.15) is 118 Å². The predicted octanol–water partition coefficient (Wildman–Crippen LogP) is -0.959. The Hall–Kier alpha value is -5.62. The van der Waals surface area contributed by atoms with Crippen LogP contribution in [0.15, 0.2) is 12.5 Å². The number of thiol groups is 1. The summed E-state index contributed by atoms with van der Waals surface area (Å²) < 4.78 is 0. The van der Waals surface area contributed by atoms with E-state index in [9.17, 15) is 47.9 Å². The zero-order valence-corrected chi connectivity index (χ0v) is 42.8. The van der Waals surface area contributed by atoms with Gasteiger partial charge in [-0.3, -0.25) is 43.2 Å². The number of nitrogens with one attached hydrogen (secondary N) is 7. The smallest absolute Gasteiger partial charge is 0.303 e. The first-order valence-electron chi connectivity index (χ1n) is 24.8. The van der Waals surface area contributed by atoms with Crippen molar-refractivity contribution in [2.24, 2.45) is 29.2 Å². The molecule has 0 unspecified atom stereocenters. The summed E-state index contributed by atoms with van der Waals surface area (Å²) >= 11 is 4.10. The van der Waals surface area contributed by atoms with Gasteiger partial charge in [-0.15, -0.1) is 0 Å². The fraction of sp³-hybridized carbons (Fsp3) is 0.723. The highest BCUT2D eigenvalue weighted by Gasteiger charge is 2.45. The number of unbranched alkanes of at least 4 members (excludes halogenated alkanes) is 1. The highest BCUT2D eigenvalue weighted by Crippen LogP contribution is 2.27. The Kier molecular flexibility index (Phi) is 24.9. The van der Waals surface area contributed by atoms with Gasteiger partial charge in [-0.05, 0) is 82.1 Å². The number of carbonyl (C=O) groups is 10. The molecule has 3 heterocycles. The molecule has 12 N–H and O–H groups in total. The number of carbonyl (C=O) groups excluding carboxylic acids is 9. The van der Waals surface area contributed by atoms with Gasteiger partial charge < -0.3 is 68.1 Å². The number of hydrogen-bond donors (Lipinski definition) is 11. The van der Waals surface area contributed by atoms with Crippen molar-refractivity contribution in [1.29, 1.82) is 0 Å². The molecule has 2 aliphatic heterocycles. The number of likely N-dealkylation sites (tertiary alicyclic amines) is 2. The quantitative estimate of drug-likeness (QED) is 0.0251. The van der Waals surface area contributed by atoms with Gasteiger partial charge in [0, 0.05) is 43.6 Å². The minimum Gasteiger partial charge on any atom is -0.481 e. The molecule has 8 amide bonds. The van der Waals surface area contributed by atoms with Gasteiger partial charge in [0.1, 0.15) is 48.6 Å². The minimum absolute atomic E-state index is 0.0158. The van der Waals surface area contributed by atoms with E-state index in [1.807, 2.05) is 20.8 Å². The zero-order valence-electron chi connectivity index (χ0n) is 41.9. The third-order valence-electron chi connectivity index (χ3n) is 12.9. The fourth-order valence-electron chi connectivity index (χ4n) is 8.62. The highest BCUT2D eigenvalue weighted by atomic mass is 32.1. The maximum absolute atomic E-state index is 14.3. The molecule has 398 valence electrons. The summed E-state index contributed by atoms with van der Waals surface area (Å²) in [5, 5.41) is 25.4. The summed E-state index contributed by atoms with van der Waals surface area (Å²) in [7, 11) is 0. The number of aliphatic carboxylic acids is 1. The Morgan fingerprint density at radius 2 is 1.42 bits per heavy atom. The lowest BCUT2D eigenvalue weighted by molar-refractivity contribution is -0.148. The van der Waals surface area contributed by atoms with Gasteiger partial charge in [-0.25, -0.2) is 4.98 Å². The van der Waals surface area contributed by atoms with E-state index in [4.69, 9.17) is 16.6 Å². The summed E-state index contributed by atoms with van der Waals surface area (Å²) in [6.07, 6.45) is 6.27. The van der Waals surface area contributed by atoms with E-state index in [0.29, 0.717) is 57.0 Å². The second-order valence-electron chi connectivity index (χ2n) is 19.3. The topological polar surface area (TPSA) is 350 Å². The van der Waals surface area contributed by atoms with Gasteiger partial charge >= 0.3 is 5.97 Å². The van der Waals surface area contributed by atoms with Crippen LogP contribution < -0.4 is 43.4 Å². The van der Waals surface area contributed by atoms with Crippen molar-refractivity contribution in [1.82, 2.24) is 51.7 Å². The van der Waals surface area contributed by atoms with Gasteiger partial charge in [0.25, 0.3) is 0 Å². The van der Waals surface area contributed by atoms with E-state index in [1.165, 1.54) is 22.3 Å². The summed E-state index contributed by atoms with van der Waals surface area (Å²) in [6, 6.07) is -9.71. The lowest BCUT2D eigenvalue weighted by Crippen LogP contribution is -2.61. The Morgan fingerprint density at radius 3 is 2.00 bits per heavy atom. The van der Waals surface area contributed by atoms with Crippen LogP contribution in [0.25, 0.3) is 0 Å². The van der Waals surface area contributed by atoms with Crippen molar-refractivity contribution >= 4 is 72.1 Å². The van der Waals surface area contributed by atoms with Crippen LogP contribution in [0.4, 0.5) is 0 Å². The Morgan fingerprint density at radius 1 is 0.803 bits per heavy atom.